The van der Waals surface area contributed by atoms with Gasteiger partial charge in [0.25, 0.3) is 0 Å². The molecule has 3 rings (SSSR count). The minimum atomic E-state index is 0.358. The molecule has 0 bridgehead atoms. The lowest BCUT2D eigenvalue weighted by Gasteiger charge is -2.37. The van der Waals surface area contributed by atoms with Gasteiger partial charge in [-0.2, -0.15) is 0 Å². The number of rotatable bonds is 4. The first-order valence-corrected chi connectivity index (χ1v) is 7.89. The van der Waals surface area contributed by atoms with Crippen LogP contribution in [0.5, 0.6) is 0 Å². The molecule has 1 aromatic carbocycles. The molecule has 0 saturated heterocycles. The smallest absolute Gasteiger partial charge is 0.109 e. The average Bonchev–Trinajstić information content (AvgIpc) is 2.88. The zero-order valence-corrected chi connectivity index (χ0v) is 12.4. The van der Waals surface area contributed by atoms with Gasteiger partial charge in [0.2, 0.25) is 0 Å². The van der Waals surface area contributed by atoms with E-state index in [-0.39, 0.29) is 0 Å². The molecule has 1 heterocycles. The summed E-state index contributed by atoms with van der Waals surface area (Å²) in [6, 6.07) is 9.22. The van der Waals surface area contributed by atoms with Gasteiger partial charge < -0.3 is 5.32 Å². The van der Waals surface area contributed by atoms with Gasteiger partial charge in [-0.15, -0.1) is 11.3 Å². The van der Waals surface area contributed by atoms with E-state index in [0.717, 1.165) is 5.02 Å². The highest BCUT2D eigenvalue weighted by Crippen LogP contribution is 2.38. The first-order valence-electron chi connectivity index (χ1n) is 6.63. The van der Waals surface area contributed by atoms with Gasteiger partial charge in [-0.3, -0.25) is 0 Å². The van der Waals surface area contributed by atoms with Crippen LogP contribution in [0.2, 0.25) is 5.02 Å². The van der Waals surface area contributed by atoms with E-state index < -0.39 is 0 Å². The molecule has 1 fully saturated rings. The number of hydrogen-bond acceptors (Lipinski definition) is 3. The normalized spacial score (nSPS) is 23.9. The molecular formula is C15H17ClN2S. The number of benzene rings is 1. The zero-order valence-electron chi connectivity index (χ0n) is 10.8. The zero-order chi connectivity index (χ0) is 13.2. The third-order valence-electron chi connectivity index (χ3n) is 3.79. The van der Waals surface area contributed by atoms with Gasteiger partial charge in [0.1, 0.15) is 5.01 Å². The Morgan fingerprint density at radius 3 is 2.68 bits per heavy atom. The number of aromatic nitrogens is 1. The van der Waals surface area contributed by atoms with E-state index in [1.165, 1.54) is 23.4 Å². The highest BCUT2D eigenvalue weighted by atomic mass is 35.5. The number of halogens is 1. The predicted molar refractivity (Wildman–Crippen MR) is 80.9 cm³/mol. The lowest BCUT2D eigenvalue weighted by molar-refractivity contribution is 0.270. The van der Waals surface area contributed by atoms with E-state index >= 15 is 0 Å². The summed E-state index contributed by atoms with van der Waals surface area (Å²) in [5, 5.41) is 7.68. The molecule has 1 aromatic heterocycles. The van der Waals surface area contributed by atoms with Gasteiger partial charge in [-0.05, 0) is 43.4 Å². The third kappa shape index (κ3) is 2.99. The van der Waals surface area contributed by atoms with Gasteiger partial charge >= 0.3 is 0 Å². The highest BCUT2D eigenvalue weighted by Gasteiger charge is 2.31. The molecule has 1 saturated carbocycles. The Hall–Kier alpha value is -0.900. The Balaban J connectivity index is 1.51. The minimum absolute atomic E-state index is 0.358. The lowest BCUT2D eigenvalue weighted by Crippen LogP contribution is -2.41. The molecule has 0 aliphatic heterocycles. The van der Waals surface area contributed by atoms with E-state index in [2.05, 4.69) is 29.4 Å². The minimum Gasteiger partial charge on any atom is -0.305 e. The van der Waals surface area contributed by atoms with Crippen molar-refractivity contribution in [1.29, 1.82) is 0 Å². The fraction of sp³-hybridized carbons (Fsp3) is 0.400. The van der Waals surface area contributed by atoms with Crippen LogP contribution in [0.4, 0.5) is 0 Å². The fourth-order valence-corrected chi connectivity index (χ4v) is 3.42. The van der Waals surface area contributed by atoms with Crippen molar-refractivity contribution in [3.05, 3.63) is 51.4 Å². The SMILES string of the molecule is CC(NC1CC(c2ccc(Cl)cc2)C1)c1nccs1. The Morgan fingerprint density at radius 2 is 2.05 bits per heavy atom. The van der Waals surface area contributed by atoms with Gasteiger partial charge in [0.15, 0.2) is 0 Å². The maximum atomic E-state index is 5.91. The summed E-state index contributed by atoms with van der Waals surface area (Å²) >= 11 is 7.63. The van der Waals surface area contributed by atoms with E-state index in [0.29, 0.717) is 18.0 Å². The van der Waals surface area contributed by atoms with Crippen molar-refractivity contribution in [2.24, 2.45) is 0 Å². The maximum absolute atomic E-state index is 5.91. The van der Waals surface area contributed by atoms with Crippen molar-refractivity contribution in [3.63, 3.8) is 0 Å². The van der Waals surface area contributed by atoms with Crippen molar-refractivity contribution < 1.29 is 0 Å². The van der Waals surface area contributed by atoms with Crippen LogP contribution in [0, 0.1) is 0 Å². The number of hydrogen-bond donors (Lipinski definition) is 1. The van der Waals surface area contributed by atoms with Crippen molar-refractivity contribution in [3.8, 4) is 0 Å². The van der Waals surface area contributed by atoms with Crippen LogP contribution in [0.1, 0.15) is 42.3 Å². The topological polar surface area (TPSA) is 24.9 Å². The quantitative estimate of drug-likeness (QED) is 0.904. The summed E-state index contributed by atoms with van der Waals surface area (Å²) in [5.41, 5.74) is 1.41. The number of nitrogens with one attached hydrogen (secondary N) is 1. The second-order valence-corrected chi connectivity index (χ2v) is 6.54. The van der Waals surface area contributed by atoms with Crippen LogP contribution in [0.15, 0.2) is 35.8 Å². The molecule has 2 aromatic rings. The molecule has 1 unspecified atom stereocenters. The molecule has 1 aliphatic rings. The monoisotopic (exact) mass is 292 g/mol. The standard InChI is InChI=1S/C15H17ClN2S/c1-10(15-17-6-7-19-15)18-14-8-12(9-14)11-2-4-13(16)5-3-11/h2-7,10,12,14,18H,8-9H2,1H3. The molecule has 4 heteroatoms. The summed E-state index contributed by atoms with van der Waals surface area (Å²) in [7, 11) is 0. The molecule has 1 aliphatic carbocycles. The average molecular weight is 293 g/mol. The molecule has 0 radical (unpaired) electrons. The maximum Gasteiger partial charge on any atom is 0.109 e. The van der Waals surface area contributed by atoms with Gasteiger partial charge in [-0.1, -0.05) is 23.7 Å². The molecule has 1 atom stereocenters. The van der Waals surface area contributed by atoms with Crippen LogP contribution in [-0.2, 0) is 0 Å². The third-order valence-corrected chi connectivity index (χ3v) is 5.00. The molecule has 1 N–H and O–H groups in total. The molecule has 0 spiro atoms. The first kappa shape index (κ1) is 13.1. The molecule has 2 nitrogen and oxygen atoms in total. The van der Waals surface area contributed by atoms with Gasteiger partial charge in [-0.25, -0.2) is 4.98 Å². The van der Waals surface area contributed by atoms with Crippen molar-refractivity contribution in [1.82, 2.24) is 10.3 Å². The van der Waals surface area contributed by atoms with Crippen LogP contribution >= 0.6 is 22.9 Å². The van der Waals surface area contributed by atoms with Crippen LogP contribution < -0.4 is 5.32 Å². The van der Waals surface area contributed by atoms with E-state index in [9.17, 15) is 0 Å². The molecule has 19 heavy (non-hydrogen) atoms. The summed E-state index contributed by atoms with van der Waals surface area (Å²) in [6.07, 6.45) is 4.28. The molecule has 100 valence electrons. The first-order chi connectivity index (χ1) is 9.22. The fourth-order valence-electron chi connectivity index (χ4n) is 2.63. The molecular weight excluding hydrogens is 276 g/mol. The van der Waals surface area contributed by atoms with E-state index in [1.54, 1.807) is 11.3 Å². The van der Waals surface area contributed by atoms with Crippen LogP contribution in [0.25, 0.3) is 0 Å². The summed E-state index contributed by atoms with van der Waals surface area (Å²) in [5.74, 6) is 0.679. The second-order valence-electron chi connectivity index (χ2n) is 5.18. The van der Waals surface area contributed by atoms with Crippen LogP contribution in [-0.4, -0.2) is 11.0 Å². The predicted octanol–water partition coefficient (Wildman–Crippen LogP) is 4.39. The Morgan fingerprint density at radius 1 is 1.32 bits per heavy atom. The Labute approximate surface area is 122 Å². The van der Waals surface area contributed by atoms with Crippen molar-refractivity contribution in [2.75, 3.05) is 0 Å². The van der Waals surface area contributed by atoms with Gasteiger partial charge in [0, 0.05) is 22.6 Å². The lowest BCUT2D eigenvalue weighted by atomic mass is 9.75. The second kappa shape index (κ2) is 5.61. The summed E-state index contributed by atoms with van der Waals surface area (Å²) in [4.78, 5) is 4.36. The Bertz CT molecular complexity index is 518. The number of thiazole rings is 1. The van der Waals surface area contributed by atoms with E-state index in [1.807, 2.05) is 23.7 Å². The summed E-state index contributed by atoms with van der Waals surface area (Å²) in [6.45, 7) is 2.19. The Kier molecular flexibility index (Phi) is 3.87. The number of nitrogens with zero attached hydrogens (tertiary/aromatic N) is 1. The molecule has 0 amide bonds. The van der Waals surface area contributed by atoms with Gasteiger partial charge in [0.05, 0.1) is 6.04 Å². The van der Waals surface area contributed by atoms with Crippen molar-refractivity contribution >= 4 is 22.9 Å². The van der Waals surface area contributed by atoms with Crippen molar-refractivity contribution in [2.45, 2.75) is 37.8 Å². The summed E-state index contributed by atoms with van der Waals surface area (Å²) < 4.78 is 0. The van der Waals surface area contributed by atoms with E-state index in [4.69, 9.17) is 11.6 Å². The largest absolute Gasteiger partial charge is 0.305 e. The van der Waals surface area contributed by atoms with Crippen LogP contribution in [0.3, 0.4) is 0 Å². The highest BCUT2D eigenvalue weighted by molar-refractivity contribution is 7.09.